The molecule has 0 bridgehead atoms. The summed E-state index contributed by atoms with van der Waals surface area (Å²) in [6, 6.07) is 4.91. The van der Waals surface area contributed by atoms with Gasteiger partial charge in [0, 0.05) is 31.0 Å². The molecule has 1 aromatic heterocycles. The van der Waals surface area contributed by atoms with Gasteiger partial charge >= 0.3 is 0 Å². The quantitative estimate of drug-likeness (QED) is 0.727. The lowest BCUT2D eigenvalue weighted by molar-refractivity contribution is -0.127. The first-order valence-corrected chi connectivity index (χ1v) is 9.60. The monoisotopic (exact) mass is 396 g/mol. The normalized spacial score (nSPS) is 14.6. The van der Waals surface area contributed by atoms with E-state index in [-0.39, 0.29) is 5.91 Å². The topological polar surface area (TPSA) is 69.0 Å². The van der Waals surface area contributed by atoms with Crippen molar-refractivity contribution in [3.8, 4) is 5.75 Å². The van der Waals surface area contributed by atoms with Crippen molar-refractivity contribution in [2.45, 2.75) is 51.7 Å². The Morgan fingerprint density at radius 1 is 1.35 bits per heavy atom. The highest BCUT2D eigenvalue weighted by Crippen LogP contribution is 2.28. The molecular weight excluding hydrogens is 375 g/mol. The van der Waals surface area contributed by atoms with Gasteiger partial charge in [0.05, 0.1) is 5.02 Å². The molecule has 0 fully saturated rings. The summed E-state index contributed by atoms with van der Waals surface area (Å²) in [5.74, 6) is 2.34. The second-order valence-corrected chi connectivity index (χ2v) is 7.21. The van der Waals surface area contributed by atoms with Gasteiger partial charge in [0.25, 0.3) is 5.91 Å². The van der Waals surface area contributed by atoms with Gasteiger partial charge in [0.1, 0.15) is 17.4 Å². The van der Waals surface area contributed by atoms with Gasteiger partial charge in [0.15, 0.2) is 6.10 Å². The molecule has 1 aromatic carbocycles. The highest BCUT2D eigenvalue weighted by Gasteiger charge is 2.17. The van der Waals surface area contributed by atoms with Crippen molar-refractivity contribution < 1.29 is 9.53 Å². The average molecular weight is 397 g/mol. The summed E-state index contributed by atoms with van der Waals surface area (Å²) in [4.78, 5) is 12.2. The SMILES string of the molecule is C[C@@H](Oc1ccc(Cl)cc1Cl)C(=O)NCCCc1nnc2n1CCCC2. The first kappa shape index (κ1) is 19.0. The molecule has 0 spiro atoms. The number of benzene rings is 1. The molecule has 1 atom stereocenters. The Kier molecular flexibility index (Phi) is 6.38. The van der Waals surface area contributed by atoms with Crippen molar-refractivity contribution in [1.29, 1.82) is 0 Å². The van der Waals surface area contributed by atoms with Gasteiger partial charge in [0.2, 0.25) is 0 Å². The Bertz CT molecular complexity index is 779. The lowest BCUT2D eigenvalue weighted by atomic mass is 10.1. The zero-order chi connectivity index (χ0) is 18.5. The number of ether oxygens (including phenoxy) is 1. The van der Waals surface area contributed by atoms with E-state index in [1.54, 1.807) is 25.1 Å². The number of hydrogen-bond donors (Lipinski definition) is 1. The maximum atomic E-state index is 12.2. The van der Waals surface area contributed by atoms with E-state index in [0.717, 1.165) is 37.5 Å². The molecule has 0 unspecified atom stereocenters. The Morgan fingerprint density at radius 2 is 2.19 bits per heavy atom. The van der Waals surface area contributed by atoms with Gasteiger partial charge in [-0.3, -0.25) is 4.79 Å². The van der Waals surface area contributed by atoms with Crippen LogP contribution >= 0.6 is 23.2 Å². The fraction of sp³-hybridized carbons (Fsp3) is 0.500. The van der Waals surface area contributed by atoms with E-state index in [2.05, 4.69) is 20.1 Å². The molecule has 0 aliphatic carbocycles. The number of amides is 1. The van der Waals surface area contributed by atoms with E-state index >= 15 is 0 Å². The third kappa shape index (κ3) is 4.68. The summed E-state index contributed by atoms with van der Waals surface area (Å²) >= 11 is 11.9. The number of halogens is 2. The number of carbonyl (C=O) groups is 1. The molecule has 6 nitrogen and oxygen atoms in total. The smallest absolute Gasteiger partial charge is 0.260 e. The molecule has 0 saturated heterocycles. The molecule has 140 valence electrons. The molecule has 26 heavy (non-hydrogen) atoms. The third-order valence-electron chi connectivity index (χ3n) is 4.38. The van der Waals surface area contributed by atoms with E-state index < -0.39 is 6.10 Å². The van der Waals surface area contributed by atoms with Crippen LogP contribution in [-0.4, -0.2) is 33.3 Å². The number of fused-ring (bicyclic) bond motifs is 1. The summed E-state index contributed by atoms with van der Waals surface area (Å²) < 4.78 is 7.82. The Labute approximate surface area is 162 Å². The Balaban J connectivity index is 1.43. The Morgan fingerprint density at radius 3 is 3.00 bits per heavy atom. The molecule has 2 heterocycles. The molecule has 1 N–H and O–H groups in total. The summed E-state index contributed by atoms with van der Waals surface area (Å²) in [5, 5.41) is 12.3. The number of nitrogens with one attached hydrogen (secondary N) is 1. The molecule has 1 amide bonds. The molecule has 0 radical (unpaired) electrons. The highest BCUT2D eigenvalue weighted by atomic mass is 35.5. The summed E-state index contributed by atoms with van der Waals surface area (Å²) in [7, 11) is 0. The van der Waals surface area contributed by atoms with E-state index in [1.165, 1.54) is 12.8 Å². The number of carbonyl (C=O) groups excluding carboxylic acids is 1. The zero-order valence-electron chi connectivity index (χ0n) is 14.7. The maximum Gasteiger partial charge on any atom is 0.260 e. The van der Waals surface area contributed by atoms with E-state index in [4.69, 9.17) is 27.9 Å². The highest BCUT2D eigenvalue weighted by molar-refractivity contribution is 6.35. The largest absolute Gasteiger partial charge is 0.479 e. The lowest BCUT2D eigenvalue weighted by Gasteiger charge is -2.16. The summed E-state index contributed by atoms with van der Waals surface area (Å²) in [5.41, 5.74) is 0. The zero-order valence-corrected chi connectivity index (χ0v) is 16.2. The van der Waals surface area contributed by atoms with E-state index in [0.29, 0.717) is 22.3 Å². The number of aromatic nitrogens is 3. The van der Waals surface area contributed by atoms with Gasteiger partial charge < -0.3 is 14.6 Å². The van der Waals surface area contributed by atoms with Crippen LogP contribution in [0.2, 0.25) is 10.0 Å². The minimum atomic E-state index is -0.644. The fourth-order valence-electron chi connectivity index (χ4n) is 2.97. The van der Waals surface area contributed by atoms with Crippen LogP contribution in [0.15, 0.2) is 18.2 Å². The first-order chi connectivity index (χ1) is 12.5. The molecule has 3 rings (SSSR count). The van der Waals surface area contributed by atoms with Crippen molar-refractivity contribution in [3.05, 3.63) is 39.9 Å². The standard InChI is InChI=1S/C18H22Cl2N4O2/c1-12(26-15-8-7-13(19)11-14(15)20)18(25)21-9-4-6-17-23-22-16-5-2-3-10-24(16)17/h7-8,11-12H,2-6,9-10H2,1H3,(H,21,25)/t12-/m1/s1. The van der Waals surface area contributed by atoms with Crippen molar-refractivity contribution >= 4 is 29.1 Å². The van der Waals surface area contributed by atoms with Gasteiger partial charge in [-0.25, -0.2) is 0 Å². The predicted molar refractivity (Wildman–Crippen MR) is 101 cm³/mol. The summed E-state index contributed by atoms with van der Waals surface area (Å²) in [6.45, 7) is 3.25. The van der Waals surface area contributed by atoms with Gasteiger partial charge in [-0.15, -0.1) is 10.2 Å². The van der Waals surface area contributed by atoms with Crippen molar-refractivity contribution in [3.63, 3.8) is 0 Å². The van der Waals surface area contributed by atoms with E-state index in [9.17, 15) is 4.79 Å². The molecule has 1 aliphatic rings. The van der Waals surface area contributed by atoms with E-state index in [1.807, 2.05) is 0 Å². The first-order valence-electron chi connectivity index (χ1n) is 8.85. The van der Waals surface area contributed by atoms with Crippen LogP contribution in [0.5, 0.6) is 5.75 Å². The van der Waals surface area contributed by atoms with Crippen molar-refractivity contribution in [2.75, 3.05) is 6.54 Å². The van der Waals surface area contributed by atoms with Crippen LogP contribution in [0, 0.1) is 0 Å². The number of hydrogen-bond acceptors (Lipinski definition) is 4. The third-order valence-corrected chi connectivity index (χ3v) is 4.91. The van der Waals surface area contributed by atoms with Gasteiger partial charge in [-0.1, -0.05) is 23.2 Å². The predicted octanol–water partition coefficient (Wildman–Crippen LogP) is 3.44. The molecule has 2 aromatic rings. The molecule has 0 saturated carbocycles. The van der Waals surface area contributed by atoms with Gasteiger partial charge in [-0.2, -0.15) is 0 Å². The number of rotatable bonds is 7. The number of aryl methyl sites for hydroxylation is 2. The van der Waals surface area contributed by atoms with Crippen molar-refractivity contribution in [2.24, 2.45) is 0 Å². The fourth-order valence-corrected chi connectivity index (χ4v) is 3.42. The van der Waals surface area contributed by atoms with Crippen LogP contribution in [0.3, 0.4) is 0 Å². The Hall–Kier alpha value is -1.79. The van der Waals surface area contributed by atoms with Crippen molar-refractivity contribution in [1.82, 2.24) is 20.1 Å². The van der Waals surface area contributed by atoms with Crippen LogP contribution in [0.25, 0.3) is 0 Å². The molecule has 1 aliphatic heterocycles. The van der Waals surface area contributed by atoms with Crippen LogP contribution in [0.4, 0.5) is 0 Å². The summed E-state index contributed by atoms with van der Waals surface area (Å²) in [6.07, 6.45) is 4.32. The number of nitrogens with zero attached hydrogens (tertiary/aromatic N) is 3. The average Bonchev–Trinajstić information content (AvgIpc) is 3.04. The van der Waals surface area contributed by atoms with Crippen LogP contribution < -0.4 is 10.1 Å². The van der Waals surface area contributed by atoms with Gasteiger partial charge in [-0.05, 0) is 44.4 Å². The molecule has 8 heteroatoms. The second kappa shape index (κ2) is 8.73. The maximum absolute atomic E-state index is 12.2. The van der Waals surface area contributed by atoms with Crippen LogP contribution in [0.1, 0.15) is 37.8 Å². The van der Waals surface area contributed by atoms with Crippen LogP contribution in [-0.2, 0) is 24.2 Å². The lowest BCUT2D eigenvalue weighted by Crippen LogP contribution is -2.37. The minimum absolute atomic E-state index is 0.181. The molecular formula is C18H22Cl2N4O2. The second-order valence-electron chi connectivity index (χ2n) is 6.37. The minimum Gasteiger partial charge on any atom is -0.479 e.